The van der Waals surface area contributed by atoms with E-state index in [0.717, 1.165) is 56.2 Å². The topological polar surface area (TPSA) is 114 Å². The number of carbonyl (C=O) groups is 1. The molecule has 0 aliphatic carbocycles. The van der Waals surface area contributed by atoms with Crippen LogP contribution in [0.2, 0.25) is 0 Å². The highest BCUT2D eigenvalue weighted by molar-refractivity contribution is 5.99. The summed E-state index contributed by atoms with van der Waals surface area (Å²) >= 11 is 0. The molecule has 3 saturated heterocycles. The molecule has 6 rings (SSSR count). The molecule has 186 valence electrons. The second-order valence-electron chi connectivity index (χ2n) is 9.43. The highest BCUT2D eigenvalue weighted by Crippen LogP contribution is 2.34. The van der Waals surface area contributed by atoms with Gasteiger partial charge in [-0.15, -0.1) is 0 Å². The van der Waals surface area contributed by atoms with Crippen molar-refractivity contribution in [1.82, 2.24) is 19.9 Å². The van der Waals surface area contributed by atoms with Crippen LogP contribution in [0, 0.1) is 0 Å². The molecule has 2 N–H and O–H groups in total. The molecule has 2 atom stereocenters. The quantitative estimate of drug-likeness (QED) is 0.558. The van der Waals surface area contributed by atoms with Gasteiger partial charge in [-0.3, -0.25) is 4.98 Å². The average molecular weight is 488 g/mol. The molecule has 3 fully saturated rings. The molecule has 2 aromatic heterocycles. The SMILES string of the molecule is O=C(Nc1ccncc1)Nc1ccc(-c2nc(C3CCOCC3)nc(N3C4CCC3COC4)n2)cc1. The summed E-state index contributed by atoms with van der Waals surface area (Å²) in [5.74, 6) is 2.50. The lowest BCUT2D eigenvalue weighted by Crippen LogP contribution is -2.47. The van der Waals surface area contributed by atoms with Crippen molar-refractivity contribution >= 4 is 23.4 Å². The van der Waals surface area contributed by atoms with Crippen LogP contribution >= 0.6 is 0 Å². The number of nitrogens with one attached hydrogen (secondary N) is 2. The second kappa shape index (κ2) is 10.2. The maximum absolute atomic E-state index is 12.3. The van der Waals surface area contributed by atoms with Crippen molar-refractivity contribution in [2.24, 2.45) is 0 Å². The first-order chi connectivity index (χ1) is 17.7. The number of carbonyl (C=O) groups excluding carboxylic acids is 1. The van der Waals surface area contributed by atoms with Crippen LogP contribution in [0.1, 0.15) is 37.4 Å². The van der Waals surface area contributed by atoms with Gasteiger partial charge in [0.05, 0.1) is 25.3 Å². The highest BCUT2D eigenvalue weighted by atomic mass is 16.5. The number of morpholine rings is 1. The molecule has 3 aromatic rings. The number of aromatic nitrogens is 4. The van der Waals surface area contributed by atoms with E-state index in [0.29, 0.717) is 42.5 Å². The van der Waals surface area contributed by atoms with E-state index in [-0.39, 0.29) is 11.9 Å². The van der Waals surface area contributed by atoms with E-state index >= 15 is 0 Å². The first-order valence-corrected chi connectivity index (χ1v) is 12.5. The summed E-state index contributed by atoms with van der Waals surface area (Å²) in [5, 5.41) is 5.65. The number of amides is 2. The van der Waals surface area contributed by atoms with E-state index in [1.54, 1.807) is 24.5 Å². The Kier molecular flexibility index (Phi) is 6.44. The minimum absolute atomic E-state index is 0.260. The van der Waals surface area contributed by atoms with Gasteiger partial charge >= 0.3 is 6.03 Å². The number of nitrogens with zero attached hydrogens (tertiary/aromatic N) is 5. The van der Waals surface area contributed by atoms with Gasteiger partial charge in [0, 0.05) is 48.5 Å². The second-order valence-corrected chi connectivity index (χ2v) is 9.43. The fourth-order valence-corrected chi connectivity index (χ4v) is 5.15. The molecule has 36 heavy (non-hydrogen) atoms. The first-order valence-electron chi connectivity index (χ1n) is 12.5. The van der Waals surface area contributed by atoms with Gasteiger partial charge in [-0.05, 0) is 62.1 Å². The number of hydrogen-bond acceptors (Lipinski definition) is 8. The van der Waals surface area contributed by atoms with Crippen LogP contribution in [-0.2, 0) is 9.47 Å². The smallest absolute Gasteiger partial charge is 0.323 e. The molecule has 0 saturated carbocycles. The maximum Gasteiger partial charge on any atom is 0.323 e. The normalized spacial score (nSPS) is 21.8. The number of fused-ring (bicyclic) bond motifs is 2. The molecule has 10 heteroatoms. The van der Waals surface area contributed by atoms with Crippen molar-refractivity contribution < 1.29 is 14.3 Å². The summed E-state index contributed by atoms with van der Waals surface area (Å²) in [7, 11) is 0. The Morgan fingerprint density at radius 3 is 2.17 bits per heavy atom. The van der Waals surface area contributed by atoms with E-state index in [2.05, 4.69) is 20.5 Å². The summed E-state index contributed by atoms with van der Waals surface area (Å²) in [6.07, 6.45) is 7.28. The van der Waals surface area contributed by atoms with Gasteiger partial charge in [-0.1, -0.05) is 0 Å². The predicted molar refractivity (Wildman–Crippen MR) is 135 cm³/mol. The third-order valence-corrected chi connectivity index (χ3v) is 7.04. The number of anilines is 3. The predicted octanol–water partition coefficient (Wildman–Crippen LogP) is 3.84. The summed E-state index contributed by atoms with van der Waals surface area (Å²) in [5.41, 5.74) is 2.23. The Labute approximate surface area is 209 Å². The summed E-state index contributed by atoms with van der Waals surface area (Å²) < 4.78 is 11.3. The van der Waals surface area contributed by atoms with Gasteiger partial charge in [0.25, 0.3) is 0 Å². The van der Waals surface area contributed by atoms with Crippen LogP contribution in [0.4, 0.5) is 22.1 Å². The minimum Gasteiger partial charge on any atom is -0.381 e. The van der Waals surface area contributed by atoms with Crippen molar-refractivity contribution in [2.75, 3.05) is 42.0 Å². The number of rotatable bonds is 5. The Balaban J connectivity index is 1.25. The molecule has 0 radical (unpaired) electrons. The minimum atomic E-state index is -0.319. The maximum atomic E-state index is 12.3. The molecule has 2 bridgehead atoms. The van der Waals surface area contributed by atoms with Gasteiger partial charge in [0.2, 0.25) is 5.95 Å². The van der Waals surface area contributed by atoms with E-state index in [1.165, 1.54) is 0 Å². The molecule has 3 aliphatic rings. The molecule has 1 aromatic carbocycles. The van der Waals surface area contributed by atoms with Crippen LogP contribution in [-0.4, -0.2) is 64.5 Å². The van der Waals surface area contributed by atoms with Crippen molar-refractivity contribution in [1.29, 1.82) is 0 Å². The van der Waals surface area contributed by atoms with Crippen molar-refractivity contribution in [3.63, 3.8) is 0 Å². The largest absolute Gasteiger partial charge is 0.381 e. The number of urea groups is 1. The molecule has 2 unspecified atom stereocenters. The van der Waals surface area contributed by atoms with Gasteiger partial charge in [0.1, 0.15) is 5.82 Å². The zero-order chi connectivity index (χ0) is 24.3. The number of hydrogen-bond donors (Lipinski definition) is 2. The Morgan fingerprint density at radius 2 is 1.47 bits per heavy atom. The fraction of sp³-hybridized carbons (Fsp3) is 0.423. The third kappa shape index (κ3) is 4.87. The molecule has 0 spiro atoms. The zero-order valence-electron chi connectivity index (χ0n) is 20.0. The van der Waals surface area contributed by atoms with Crippen molar-refractivity contribution in [3.8, 4) is 11.4 Å². The van der Waals surface area contributed by atoms with Gasteiger partial charge in [-0.2, -0.15) is 9.97 Å². The van der Waals surface area contributed by atoms with E-state index in [9.17, 15) is 4.79 Å². The average Bonchev–Trinajstić information content (AvgIpc) is 3.18. The summed E-state index contributed by atoms with van der Waals surface area (Å²) in [6.45, 7) is 2.88. The summed E-state index contributed by atoms with van der Waals surface area (Å²) in [4.78, 5) is 33.4. The Bertz CT molecular complexity index is 1190. The van der Waals surface area contributed by atoms with Crippen LogP contribution in [0.25, 0.3) is 11.4 Å². The highest BCUT2D eigenvalue weighted by Gasteiger charge is 2.39. The first kappa shape index (κ1) is 22.8. The number of pyridine rings is 1. The van der Waals surface area contributed by atoms with Gasteiger partial charge in [0.15, 0.2) is 5.82 Å². The van der Waals surface area contributed by atoms with E-state index in [4.69, 9.17) is 24.4 Å². The molecular formula is C26H29N7O3. The molecule has 3 aliphatic heterocycles. The molecule has 10 nitrogen and oxygen atoms in total. The lowest BCUT2D eigenvalue weighted by molar-refractivity contribution is 0.0831. The lowest BCUT2D eigenvalue weighted by Gasteiger charge is -2.35. The van der Waals surface area contributed by atoms with Gasteiger partial charge in [-0.25, -0.2) is 9.78 Å². The number of benzene rings is 1. The monoisotopic (exact) mass is 487 g/mol. The van der Waals surface area contributed by atoms with Crippen LogP contribution < -0.4 is 15.5 Å². The lowest BCUT2D eigenvalue weighted by atomic mass is 9.99. The molecular weight excluding hydrogens is 458 g/mol. The van der Waals surface area contributed by atoms with Crippen LogP contribution in [0.3, 0.4) is 0 Å². The van der Waals surface area contributed by atoms with E-state index < -0.39 is 0 Å². The van der Waals surface area contributed by atoms with Gasteiger partial charge < -0.3 is 25.0 Å². The summed E-state index contributed by atoms with van der Waals surface area (Å²) in [6, 6.07) is 11.4. The number of ether oxygens (including phenoxy) is 2. The molecule has 5 heterocycles. The van der Waals surface area contributed by atoms with Crippen molar-refractivity contribution in [3.05, 3.63) is 54.6 Å². The molecule has 2 amide bonds. The standard InChI is InChI=1S/C26H29N7O3/c34-26(29-20-7-11-27-12-8-20)28-19-3-1-17(2-4-19)23-30-24(18-9-13-35-14-10-18)32-25(31-23)33-21-5-6-22(33)16-36-15-21/h1-4,7-8,11-12,18,21-22H,5-6,9-10,13-16H2,(H2,27,28,29,34). The Morgan fingerprint density at radius 1 is 0.806 bits per heavy atom. The zero-order valence-corrected chi connectivity index (χ0v) is 20.0. The van der Waals surface area contributed by atoms with Crippen LogP contribution in [0.5, 0.6) is 0 Å². The van der Waals surface area contributed by atoms with Crippen LogP contribution in [0.15, 0.2) is 48.8 Å². The fourth-order valence-electron chi connectivity index (χ4n) is 5.15. The Hall–Kier alpha value is -3.63. The third-order valence-electron chi connectivity index (χ3n) is 7.04. The van der Waals surface area contributed by atoms with Crippen molar-refractivity contribution in [2.45, 2.75) is 43.7 Å². The van der Waals surface area contributed by atoms with E-state index in [1.807, 2.05) is 24.3 Å².